The van der Waals surface area contributed by atoms with Gasteiger partial charge in [0, 0.05) is 44.5 Å². The Morgan fingerprint density at radius 1 is 1.29 bits per heavy atom. The molecule has 0 unspecified atom stereocenters. The van der Waals surface area contributed by atoms with Crippen molar-refractivity contribution in [3.05, 3.63) is 35.5 Å². The number of amides is 1. The van der Waals surface area contributed by atoms with Crippen molar-refractivity contribution in [1.29, 1.82) is 0 Å². The van der Waals surface area contributed by atoms with Crippen LogP contribution in [0.5, 0.6) is 0 Å². The number of rotatable bonds is 8. The average Bonchev–Trinajstić information content (AvgIpc) is 2.73. The lowest BCUT2D eigenvalue weighted by Crippen LogP contribution is -2.22. The highest BCUT2D eigenvalue weighted by atomic mass is 35.5. The predicted octanol–water partition coefficient (Wildman–Crippen LogP) is 3.18. The Bertz CT molecular complexity index is 796. The van der Waals surface area contributed by atoms with Crippen LogP contribution in [-0.4, -0.2) is 49.2 Å². The van der Waals surface area contributed by atoms with Crippen LogP contribution >= 0.6 is 11.6 Å². The van der Waals surface area contributed by atoms with Crippen molar-refractivity contribution in [2.24, 2.45) is 5.92 Å². The highest BCUT2D eigenvalue weighted by Crippen LogP contribution is 2.29. The van der Waals surface area contributed by atoms with E-state index < -0.39 is 0 Å². The van der Waals surface area contributed by atoms with Crippen molar-refractivity contribution in [2.45, 2.75) is 19.3 Å². The van der Waals surface area contributed by atoms with E-state index in [4.69, 9.17) is 16.3 Å². The van der Waals surface area contributed by atoms with Gasteiger partial charge < -0.3 is 20.7 Å². The van der Waals surface area contributed by atoms with Crippen LogP contribution in [-0.2, 0) is 9.53 Å². The van der Waals surface area contributed by atoms with Crippen LogP contribution in [0.15, 0.2) is 30.5 Å². The van der Waals surface area contributed by atoms with Crippen molar-refractivity contribution in [3.8, 4) is 11.3 Å². The highest BCUT2D eigenvalue weighted by molar-refractivity contribution is 6.33. The molecule has 150 valence electrons. The van der Waals surface area contributed by atoms with Gasteiger partial charge in [-0.25, -0.2) is 9.97 Å². The molecule has 3 N–H and O–H groups in total. The van der Waals surface area contributed by atoms with E-state index in [-0.39, 0.29) is 5.91 Å². The van der Waals surface area contributed by atoms with Gasteiger partial charge in [-0.05, 0) is 44.0 Å². The largest absolute Gasteiger partial charge is 0.381 e. The van der Waals surface area contributed by atoms with Crippen LogP contribution in [0.25, 0.3) is 11.3 Å². The zero-order valence-corrected chi connectivity index (χ0v) is 16.8. The van der Waals surface area contributed by atoms with Gasteiger partial charge in [0.25, 0.3) is 0 Å². The molecule has 2 aromatic rings. The summed E-state index contributed by atoms with van der Waals surface area (Å²) < 4.78 is 5.40. The zero-order valence-electron chi connectivity index (χ0n) is 16.0. The molecule has 1 aliphatic rings. The molecule has 1 amide bonds. The third-order valence-electron chi connectivity index (χ3n) is 4.66. The van der Waals surface area contributed by atoms with Crippen LogP contribution < -0.4 is 16.0 Å². The fourth-order valence-corrected chi connectivity index (χ4v) is 3.23. The molecule has 1 saturated heterocycles. The van der Waals surface area contributed by atoms with Gasteiger partial charge in [0.1, 0.15) is 11.6 Å². The maximum absolute atomic E-state index is 11.9. The van der Waals surface area contributed by atoms with Crippen LogP contribution in [0, 0.1) is 5.92 Å². The lowest BCUT2D eigenvalue weighted by atomic mass is 10.0. The molecule has 3 heterocycles. The van der Waals surface area contributed by atoms with Crippen LogP contribution in [0.2, 0.25) is 5.02 Å². The molecule has 0 aromatic carbocycles. The Morgan fingerprint density at radius 2 is 2.11 bits per heavy atom. The Morgan fingerprint density at radius 3 is 2.89 bits per heavy atom. The number of carbonyl (C=O) groups excluding carboxylic acids is 1. The van der Waals surface area contributed by atoms with E-state index >= 15 is 0 Å². The second-order valence-electron chi connectivity index (χ2n) is 6.80. The SMILES string of the molecule is CNCCC(=O)Nc1cc(-c2cccc(NCC3CCOCC3)n2)c(Cl)cn1. The zero-order chi connectivity index (χ0) is 19.8. The smallest absolute Gasteiger partial charge is 0.226 e. The molecule has 1 aliphatic heterocycles. The highest BCUT2D eigenvalue weighted by Gasteiger charge is 2.14. The summed E-state index contributed by atoms with van der Waals surface area (Å²) in [5.74, 6) is 1.76. The van der Waals surface area contributed by atoms with Crippen molar-refractivity contribution in [3.63, 3.8) is 0 Å². The Hall–Kier alpha value is -2.22. The molecule has 2 aromatic heterocycles. The van der Waals surface area contributed by atoms with E-state index in [2.05, 4.69) is 25.9 Å². The molecule has 0 aliphatic carbocycles. The fourth-order valence-electron chi connectivity index (χ4n) is 3.03. The molecule has 0 atom stereocenters. The molecular weight excluding hydrogens is 378 g/mol. The first kappa shape index (κ1) is 20.5. The number of anilines is 2. The van der Waals surface area contributed by atoms with Crippen LogP contribution in [0.4, 0.5) is 11.6 Å². The molecule has 0 radical (unpaired) electrons. The van der Waals surface area contributed by atoms with Gasteiger partial charge in [-0.1, -0.05) is 17.7 Å². The summed E-state index contributed by atoms with van der Waals surface area (Å²) >= 11 is 6.34. The first-order chi connectivity index (χ1) is 13.7. The predicted molar refractivity (Wildman–Crippen MR) is 112 cm³/mol. The normalized spacial score (nSPS) is 14.6. The summed E-state index contributed by atoms with van der Waals surface area (Å²) in [6, 6.07) is 7.53. The molecule has 8 heteroatoms. The number of nitrogens with one attached hydrogen (secondary N) is 3. The lowest BCUT2D eigenvalue weighted by molar-refractivity contribution is -0.116. The summed E-state index contributed by atoms with van der Waals surface area (Å²) in [4.78, 5) is 20.8. The standard InChI is InChI=1S/C20H26ClN5O2/c1-22-8-5-20(27)26-19-11-15(16(21)13-24-19)17-3-2-4-18(25-17)23-12-14-6-9-28-10-7-14/h2-4,11,13-14,22H,5-10,12H2,1H3,(H,23,25)(H,24,26,27). The third kappa shape index (κ3) is 5.89. The van der Waals surface area contributed by atoms with E-state index in [0.29, 0.717) is 29.7 Å². The van der Waals surface area contributed by atoms with Gasteiger partial charge in [-0.15, -0.1) is 0 Å². The van der Waals surface area contributed by atoms with Gasteiger partial charge in [0.05, 0.1) is 10.7 Å². The van der Waals surface area contributed by atoms with Gasteiger partial charge in [0.15, 0.2) is 0 Å². The quantitative estimate of drug-likeness (QED) is 0.627. The maximum atomic E-state index is 11.9. The molecule has 1 fully saturated rings. The van der Waals surface area contributed by atoms with Gasteiger partial charge in [-0.3, -0.25) is 4.79 Å². The number of aromatic nitrogens is 2. The molecular formula is C20H26ClN5O2. The Kier molecular flexibility index (Phi) is 7.59. The molecule has 0 spiro atoms. The van der Waals surface area contributed by atoms with Crippen LogP contribution in [0.1, 0.15) is 19.3 Å². The lowest BCUT2D eigenvalue weighted by Gasteiger charge is -2.22. The summed E-state index contributed by atoms with van der Waals surface area (Å²) in [7, 11) is 1.81. The van der Waals surface area contributed by atoms with Gasteiger partial charge in [-0.2, -0.15) is 0 Å². The first-order valence-electron chi connectivity index (χ1n) is 9.54. The number of ether oxygens (including phenoxy) is 1. The number of pyridine rings is 2. The van der Waals surface area contributed by atoms with Crippen molar-refractivity contribution < 1.29 is 9.53 Å². The minimum Gasteiger partial charge on any atom is -0.381 e. The summed E-state index contributed by atoms with van der Waals surface area (Å²) in [5.41, 5.74) is 1.46. The molecule has 28 heavy (non-hydrogen) atoms. The number of nitrogens with zero attached hydrogens (tertiary/aromatic N) is 2. The number of halogens is 1. The minimum absolute atomic E-state index is 0.102. The van der Waals surface area contributed by atoms with Gasteiger partial charge in [0.2, 0.25) is 5.91 Å². The van der Waals surface area contributed by atoms with Crippen LogP contribution in [0.3, 0.4) is 0 Å². The molecule has 3 rings (SSSR count). The summed E-state index contributed by atoms with van der Waals surface area (Å²) in [5, 5.41) is 9.64. The minimum atomic E-state index is -0.102. The number of carbonyl (C=O) groups is 1. The van der Waals surface area contributed by atoms with Gasteiger partial charge >= 0.3 is 0 Å². The van der Waals surface area contributed by atoms with E-state index in [9.17, 15) is 4.79 Å². The van der Waals surface area contributed by atoms with Crippen molar-refractivity contribution in [2.75, 3.05) is 44.0 Å². The molecule has 0 bridgehead atoms. The van der Waals surface area contributed by atoms with E-state index in [1.165, 1.54) is 6.20 Å². The first-order valence-corrected chi connectivity index (χ1v) is 9.92. The van der Waals surface area contributed by atoms with E-state index in [0.717, 1.165) is 49.7 Å². The Balaban J connectivity index is 1.69. The van der Waals surface area contributed by atoms with Crippen molar-refractivity contribution >= 4 is 29.1 Å². The fraction of sp³-hybridized carbons (Fsp3) is 0.450. The second kappa shape index (κ2) is 10.4. The van der Waals surface area contributed by atoms with E-state index in [1.807, 2.05) is 18.2 Å². The summed E-state index contributed by atoms with van der Waals surface area (Å²) in [6.45, 7) is 3.13. The average molecular weight is 404 g/mol. The molecule has 7 nitrogen and oxygen atoms in total. The number of hydrogen-bond acceptors (Lipinski definition) is 6. The van der Waals surface area contributed by atoms with Crippen molar-refractivity contribution in [1.82, 2.24) is 15.3 Å². The Labute approximate surface area is 170 Å². The maximum Gasteiger partial charge on any atom is 0.226 e. The van der Waals surface area contributed by atoms with E-state index in [1.54, 1.807) is 13.1 Å². The third-order valence-corrected chi connectivity index (χ3v) is 4.96. The second-order valence-corrected chi connectivity index (χ2v) is 7.20. The number of hydrogen-bond donors (Lipinski definition) is 3. The molecule has 0 saturated carbocycles. The summed E-state index contributed by atoms with van der Waals surface area (Å²) in [6.07, 6.45) is 4.05. The monoisotopic (exact) mass is 403 g/mol. The topological polar surface area (TPSA) is 88.2 Å².